The highest BCUT2D eigenvalue weighted by Crippen LogP contribution is 2.41. The zero-order valence-electron chi connectivity index (χ0n) is 12.8. The van der Waals surface area contributed by atoms with Crippen molar-refractivity contribution >= 4 is 46.6 Å². The fourth-order valence-corrected chi connectivity index (χ4v) is 3.46. The molecule has 136 valence electrons. The Morgan fingerprint density at radius 3 is 2.40 bits per heavy atom. The molecule has 2 aliphatic rings. The normalized spacial score (nSPS) is 19.7. The van der Waals surface area contributed by atoms with Crippen LogP contribution >= 0.6 is 34.8 Å². The second-order valence-corrected chi connectivity index (χ2v) is 6.65. The van der Waals surface area contributed by atoms with Crippen molar-refractivity contribution in [1.29, 1.82) is 0 Å². The number of benzene rings is 1. The molecule has 0 radical (unpaired) electrons. The van der Waals surface area contributed by atoms with Gasteiger partial charge in [-0.1, -0.05) is 34.8 Å². The number of nitrogens with zero attached hydrogens (tertiary/aromatic N) is 3. The summed E-state index contributed by atoms with van der Waals surface area (Å²) in [5.74, 6) is 0. The van der Waals surface area contributed by atoms with Crippen molar-refractivity contribution in [2.45, 2.75) is 6.18 Å². The van der Waals surface area contributed by atoms with Crippen LogP contribution in [0.1, 0.15) is 5.56 Å². The van der Waals surface area contributed by atoms with Gasteiger partial charge in [-0.05, 0) is 12.1 Å². The minimum absolute atomic E-state index is 0.00176. The molecule has 0 unspecified atom stereocenters. The van der Waals surface area contributed by atoms with Crippen LogP contribution in [0.3, 0.4) is 0 Å². The van der Waals surface area contributed by atoms with Gasteiger partial charge >= 0.3 is 6.18 Å². The standard InChI is InChI=1S/C15H13Cl3F3N3O/c16-9-5-10(13(18)12(17)6-9)11-7-22-8-24(14(11)15(19,20)21)23-1-3-25-4-2-23/h5-7H,1-4,8H2. The maximum Gasteiger partial charge on any atom is 0.433 e. The topological polar surface area (TPSA) is 28.1 Å². The number of hydrazine groups is 1. The number of ether oxygens (including phenoxy) is 1. The molecule has 0 atom stereocenters. The zero-order valence-corrected chi connectivity index (χ0v) is 15.1. The third-order valence-electron chi connectivity index (χ3n) is 3.83. The molecule has 1 fully saturated rings. The molecule has 0 saturated carbocycles. The summed E-state index contributed by atoms with van der Waals surface area (Å²) < 4.78 is 46.9. The van der Waals surface area contributed by atoms with Crippen LogP contribution in [-0.4, -0.2) is 55.4 Å². The van der Waals surface area contributed by atoms with Crippen LogP contribution in [0.2, 0.25) is 15.1 Å². The highest BCUT2D eigenvalue weighted by molar-refractivity contribution is 6.45. The van der Waals surface area contributed by atoms with Crippen molar-refractivity contribution in [1.82, 2.24) is 10.0 Å². The predicted molar refractivity (Wildman–Crippen MR) is 92.0 cm³/mol. The van der Waals surface area contributed by atoms with E-state index < -0.39 is 11.9 Å². The number of halogens is 6. The Labute approximate surface area is 157 Å². The quantitative estimate of drug-likeness (QED) is 0.667. The minimum Gasteiger partial charge on any atom is -0.379 e. The number of hydrogen-bond donors (Lipinski definition) is 0. The van der Waals surface area contributed by atoms with Crippen LogP contribution in [-0.2, 0) is 4.74 Å². The maximum absolute atomic E-state index is 13.9. The molecule has 0 amide bonds. The van der Waals surface area contributed by atoms with E-state index in [1.807, 2.05) is 0 Å². The number of morpholine rings is 1. The summed E-state index contributed by atoms with van der Waals surface area (Å²) in [5, 5.41) is 2.95. The second-order valence-electron chi connectivity index (χ2n) is 5.43. The molecule has 0 bridgehead atoms. The molecule has 1 aromatic rings. The van der Waals surface area contributed by atoms with Gasteiger partial charge in [0.15, 0.2) is 0 Å². The van der Waals surface area contributed by atoms with Gasteiger partial charge in [-0.2, -0.15) is 13.2 Å². The Kier molecular flexibility index (Phi) is 5.51. The number of rotatable bonds is 2. The minimum atomic E-state index is -4.61. The fourth-order valence-electron chi connectivity index (χ4n) is 2.75. The lowest BCUT2D eigenvalue weighted by atomic mass is 10.0. The Bertz CT molecular complexity index is 731. The van der Waals surface area contributed by atoms with Crippen molar-refractivity contribution in [3.63, 3.8) is 0 Å². The number of alkyl halides is 3. The third kappa shape index (κ3) is 3.90. The summed E-state index contributed by atoms with van der Waals surface area (Å²) >= 11 is 18.1. The van der Waals surface area contributed by atoms with Gasteiger partial charge < -0.3 is 4.74 Å². The molecule has 1 saturated heterocycles. The van der Waals surface area contributed by atoms with Crippen molar-refractivity contribution in [3.8, 4) is 0 Å². The number of allylic oxidation sites excluding steroid dienone is 2. The van der Waals surface area contributed by atoms with Gasteiger partial charge in [-0.15, -0.1) is 0 Å². The number of hydrogen-bond acceptors (Lipinski definition) is 4. The molecule has 0 N–H and O–H groups in total. The molecule has 2 aliphatic heterocycles. The average molecular weight is 415 g/mol. The second kappa shape index (κ2) is 7.32. The van der Waals surface area contributed by atoms with Crippen LogP contribution in [0.15, 0.2) is 22.8 Å². The first kappa shape index (κ1) is 18.8. The van der Waals surface area contributed by atoms with Gasteiger partial charge in [-0.25, -0.2) is 5.01 Å². The highest BCUT2D eigenvalue weighted by atomic mass is 35.5. The van der Waals surface area contributed by atoms with Crippen molar-refractivity contribution in [3.05, 3.63) is 38.5 Å². The van der Waals surface area contributed by atoms with E-state index in [9.17, 15) is 13.2 Å². The lowest BCUT2D eigenvalue weighted by Gasteiger charge is -2.41. The highest BCUT2D eigenvalue weighted by Gasteiger charge is 2.44. The molecular formula is C15H13Cl3F3N3O. The van der Waals surface area contributed by atoms with Crippen LogP contribution in [0.5, 0.6) is 0 Å². The van der Waals surface area contributed by atoms with Crippen molar-refractivity contribution < 1.29 is 17.9 Å². The van der Waals surface area contributed by atoms with E-state index in [1.54, 1.807) is 5.01 Å². The molecule has 4 nitrogen and oxygen atoms in total. The molecule has 10 heteroatoms. The Morgan fingerprint density at radius 1 is 1.08 bits per heavy atom. The average Bonchev–Trinajstić information content (AvgIpc) is 2.57. The van der Waals surface area contributed by atoms with Gasteiger partial charge in [0, 0.05) is 35.5 Å². The van der Waals surface area contributed by atoms with Crippen LogP contribution < -0.4 is 0 Å². The number of aliphatic imine (C=N–C) groups is 1. The van der Waals surface area contributed by atoms with Gasteiger partial charge in [-0.3, -0.25) is 10.0 Å². The largest absolute Gasteiger partial charge is 0.433 e. The maximum atomic E-state index is 13.9. The summed E-state index contributed by atoms with van der Waals surface area (Å²) in [6.07, 6.45) is -3.45. The first-order chi connectivity index (χ1) is 11.8. The van der Waals surface area contributed by atoms with Gasteiger partial charge in [0.25, 0.3) is 0 Å². The molecule has 0 aliphatic carbocycles. The van der Waals surface area contributed by atoms with E-state index in [4.69, 9.17) is 39.5 Å². The smallest absolute Gasteiger partial charge is 0.379 e. The summed E-state index contributed by atoms with van der Waals surface area (Å²) in [5.41, 5.74) is -0.919. The summed E-state index contributed by atoms with van der Waals surface area (Å²) in [6.45, 7) is 1.25. The lowest BCUT2D eigenvalue weighted by Crippen LogP contribution is -2.51. The van der Waals surface area contributed by atoms with Gasteiger partial charge in [0.2, 0.25) is 0 Å². The molecule has 25 heavy (non-hydrogen) atoms. The third-order valence-corrected chi connectivity index (χ3v) is 4.85. The molecule has 0 spiro atoms. The summed E-state index contributed by atoms with van der Waals surface area (Å²) in [6, 6.07) is 2.73. The Morgan fingerprint density at radius 2 is 1.76 bits per heavy atom. The van der Waals surface area contributed by atoms with Crippen LogP contribution in [0, 0.1) is 0 Å². The molecule has 3 rings (SSSR count). The first-order valence-electron chi connectivity index (χ1n) is 7.35. The van der Waals surface area contributed by atoms with Gasteiger partial charge in [0.1, 0.15) is 12.4 Å². The molecule has 1 aromatic carbocycles. The van der Waals surface area contributed by atoms with E-state index in [-0.39, 0.29) is 32.9 Å². The van der Waals surface area contributed by atoms with E-state index in [0.717, 1.165) is 11.2 Å². The molecular weight excluding hydrogens is 402 g/mol. The fraction of sp³-hybridized carbons (Fsp3) is 0.400. The molecule has 2 heterocycles. The Hall–Kier alpha value is -0.990. The molecule has 0 aromatic heterocycles. The van der Waals surface area contributed by atoms with Crippen molar-refractivity contribution in [2.24, 2.45) is 4.99 Å². The van der Waals surface area contributed by atoms with E-state index in [2.05, 4.69) is 4.99 Å². The van der Waals surface area contributed by atoms with E-state index in [1.165, 1.54) is 12.1 Å². The predicted octanol–water partition coefficient (Wildman–Crippen LogP) is 4.51. The first-order valence-corrected chi connectivity index (χ1v) is 8.49. The monoisotopic (exact) mass is 413 g/mol. The SMILES string of the molecule is FC(F)(F)C1=C(c2cc(Cl)cc(Cl)c2Cl)C=NCN1N1CCOCC1. The zero-order chi connectivity index (χ0) is 18.2. The van der Waals surface area contributed by atoms with Gasteiger partial charge in [0.05, 0.1) is 23.3 Å². The Balaban J connectivity index is 2.15. The summed E-state index contributed by atoms with van der Waals surface area (Å²) in [4.78, 5) is 4.07. The van der Waals surface area contributed by atoms with E-state index >= 15 is 0 Å². The van der Waals surface area contributed by atoms with Crippen LogP contribution in [0.4, 0.5) is 13.2 Å². The lowest BCUT2D eigenvalue weighted by molar-refractivity contribution is -0.152. The van der Waals surface area contributed by atoms with Crippen molar-refractivity contribution in [2.75, 3.05) is 33.0 Å². The van der Waals surface area contributed by atoms with Crippen LogP contribution in [0.25, 0.3) is 5.57 Å². The van der Waals surface area contributed by atoms with E-state index in [0.29, 0.717) is 26.3 Å². The summed E-state index contributed by atoms with van der Waals surface area (Å²) in [7, 11) is 0.